The van der Waals surface area contributed by atoms with E-state index in [0.29, 0.717) is 11.8 Å². The summed E-state index contributed by atoms with van der Waals surface area (Å²) in [4.78, 5) is 11.1. The second-order valence-corrected chi connectivity index (χ2v) is 3.79. The summed E-state index contributed by atoms with van der Waals surface area (Å²) in [5.41, 5.74) is 1.05. The average Bonchev–Trinajstić information content (AvgIpc) is 2.46. The first-order chi connectivity index (χ1) is 5.77. The molecule has 2 aliphatic rings. The fraction of sp³-hybridized carbons (Fsp3) is 0.545. The lowest BCUT2D eigenvalue weighted by atomic mass is 9.87. The van der Waals surface area contributed by atoms with Crippen molar-refractivity contribution < 1.29 is 4.79 Å². The highest BCUT2D eigenvalue weighted by Crippen LogP contribution is 2.37. The molecule has 0 heterocycles. The molecule has 0 saturated heterocycles. The van der Waals surface area contributed by atoms with Gasteiger partial charge >= 0.3 is 0 Å². The van der Waals surface area contributed by atoms with Crippen LogP contribution in [-0.2, 0) is 4.79 Å². The van der Waals surface area contributed by atoms with Crippen molar-refractivity contribution in [1.29, 1.82) is 0 Å². The molecule has 0 aromatic rings. The van der Waals surface area contributed by atoms with Crippen molar-refractivity contribution in [3.05, 3.63) is 23.8 Å². The molecule has 0 N–H and O–H groups in total. The number of carbonyl (C=O) groups is 1. The van der Waals surface area contributed by atoms with E-state index in [4.69, 9.17) is 0 Å². The highest BCUT2D eigenvalue weighted by atomic mass is 16.1. The van der Waals surface area contributed by atoms with Crippen molar-refractivity contribution in [2.45, 2.75) is 26.2 Å². The van der Waals surface area contributed by atoms with E-state index in [0.717, 1.165) is 12.0 Å². The summed E-state index contributed by atoms with van der Waals surface area (Å²) in [5.74, 6) is 1.56. The number of carbonyl (C=O) groups excluding carboxylic acids is 1. The highest BCUT2D eigenvalue weighted by Gasteiger charge is 2.28. The quantitative estimate of drug-likeness (QED) is 0.541. The zero-order valence-corrected chi connectivity index (χ0v) is 7.42. The number of rotatable bonds is 1. The minimum absolute atomic E-state index is 0.262. The van der Waals surface area contributed by atoms with Gasteiger partial charge in [0.05, 0.1) is 0 Å². The Bertz CT molecular complexity index is 260. The summed E-state index contributed by atoms with van der Waals surface area (Å²) in [6.45, 7) is 1.67. The number of ketones is 1. The molecule has 0 saturated carbocycles. The van der Waals surface area contributed by atoms with E-state index in [1.54, 1.807) is 6.92 Å². The molecule has 0 radical (unpaired) electrons. The minimum atomic E-state index is 0.262. The number of fused-ring (bicyclic) bond motifs is 1. The van der Waals surface area contributed by atoms with Gasteiger partial charge in [0.25, 0.3) is 0 Å². The first-order valence-corrected chi connectivity index (χ1v) is 4.65. The lowest BCUT2D eigenvalue weighted by Gasteiger charge is -2.18. The molecule has 0 amide bonds. The molecular weight excluding hydrogens is 148 g/mol. The second-order valence-electron chi connectivity index (χ2n) is 3.79. The van der Waals surface area contributed by atoms with Gasteiger partial charge < -0.3 is 0 Å². The van der Waals surface area contributed by atoms with Crippen LogP contribution in [0.4, 0.5) is 0 Å². The molecule has 0 aliphatic heterocycles. The van der Waals surface area contributed by atoms with E-state index in [1.807, 2.05) is 0 Å². The first-order valence-electron chi connectivity index (χ1n) is 4.65. The van der Waals surface area contributed by atoms with E-state index in [1.165, 1.54) is 12.8 Å². The molecule has 2 rings (SSSR count). The van der Waals surface area contributed by atoms with Crippen molar-refractivity contribution in [3.63, 3.8) is 0 Å². The molecule has 2 atom stereocenters. The maximum absolute atomic E-state index is 11.1. The second kappa shape index (κ2) is 2.89. The fourth-order valence-electron chi connectivity index (χ4n) is 2.18. The Kier molecular flexibility index (Phi) is 1.87. The topological polar surface area (TPSA) is 17.1 Å². The molecule has 0 aromatic carbocycles. The van der Waals surface area contributed by atoms with Gasteiger partial charge in [-0.2, -0.15) is 0 Å². The van der Waals surface area contributed by atoms with Gasteiger partial charge in [-0.15, -0.1) is 0 Å². The maximum atomic E-state index is 11.1. The third-order valence-corrected chi connectivity index (χ3v) is 2.92. The predicted molar refractivity (Wildman–Crippen MR) is 48.7 cm³/mol. The van der Waals surface area contributed by atoms with E-state index < -0.39 is 0 Å². The van der Waals surface area contributed by atoms with Crippen LogP contribution < -0.4 is 0 Å². The van der Waals surface area contributed by atoms with E-state index in [9.17, 15) is 4.79 Å². The van der Waals surface area contributed by atoms with Gasteiger partial charge in [0.15, 0.2) is 5.78 Å². The van der Waals surface area contributed by atoms with Crippen LogP contribution in [0.1, 0.15) is 26.2 Å². The summed E-state index contributed by atoms with van der Waals surface area (Å²) in [7, 11) is 0. The monoisotopic (exact) mass is 162 g/mol. The van der Waals surface area contributed by atoms with Crippen LogP contribution in [0.25, 0.3) is 0 Å². The first kappa shape index (κ1) is 7.78. The normalized spacial score (nSPS) is 32.9. The Hall–Kier alpha value is -0.850. The van der Waals surface area contributed by atoms with Gasteiger partial charge in [-0.25, -0.2) is 0 Å². The average molecular weight is 162 g/mol. The van der Waals surface area contributed by atoms with Crippen LogP contribution in [0, 0.1) is 11.8 Å². The van der Waals surface area contributed by atoms with E-state index in [2.05, 4.69) is 18.2 Å². The molecule has 1 nitrogen and oxygen atoms in total. The van der Waals surface area contributed by atoms with Crippen LogP contribution in [0.5, 0.6) is 0 Å². The Labute approximate surface area is 73.2 Å². The lowest BCUT2D eigenvalue weighted by molar-refractivity contribution is -0.113. The van der Waals surface area contributed by atoms with Gasteiger partial charge in [-0.3, -0.25) is 4.79 Å². The van der Waals surface area contributed by atoms with Crippen LogP contribution in [-0.4, -0.2) is 5.78 Å². The lowest BCUT2D eigenvalue weighted by Crippen LogP contribution is -2.08. The van der Waals surface area contributed by atoms with Crippen molar-refractivity contribution in [2.75, 3.05) is 0 Å². The Morgan fingerprint density at radius 3 is 3.00 bits per heavy atom. The van der Waals surface area contributed by atoms with Crippen LogP contribution in [0.15, 0.2) is 23.8 Å². The van der Waals surface area contributed by atoms with Crippen molar-refractivity contribution in [2.24, 2.45) is 11.8 Å². The molecule has 64 valence electrons. The van der Waals surface area contributed by atoms with Crippen molar-refractivity contribution in [3.8, 4) is 0 Å². The zero-order valence-electron chi connectivity index (χ0n) is 7.42. The molecule has 2 aliphatic carbocycles. The third-order valence-electron chi connectivity index (χ3n) is 2.92. The van der Waals surface area contributed by atoms with Gasteiger partial charge in [-0.1, -0.05) is 18.2 Å². The number of allylic oxidation sites excluding steroid dienone is 4. The largest absolute Gasteiger partial charge is 0.295 e. The van der Waals surface area contributed by atoms with Crippen LogP contribution in [0.2, 0.25) is 0 Å². The Morgan fingerprint density at radius 2 is 2.33 bits per heavy atom. The molecule has 1 heteroatoms. The summed E-state index contributed by atoms with van der Waals surface area (Å²) in [6.07, 6.45) is 10.1. The molecule has 12 heavy (non-hydrogen) atoms. The van der Waals surface area contributed by atoms with Gasteiger partial charge in [0.1, 0.15) is 0 Å². The van der Waals surface area contributed by atoms with Gasteiger partial charge in [0, 0.05) is 0 Å². The molecule has 0 bridgehead atoms. The summed E-state index contributed by atoms with van der Waals surface area (Å²) >= 11 is 0. The van der Waals surface area contributed by atoms with Crippen molar-refractivity contribution in [1.82, 2.24) is 0 Å². The molecule has 0 aromatic heterocycles. The van der Waals surface area contributed by atoms with Crippen molar-refractivity contribution >= 4 is 5.78 Å². The summed E-state index contributed by atoms with van der Waals surface area (Å²) in [6, 6.07) is 0. The zero-order chi connectivity index (χ0) is 8.55. The summed E-state index contributed by atoms with van der Waals surface area (Å²) in [5, 5.41) is 0. The Morgan fingerprint density at radius 1 is 1.50 bits per heavy atom. The SMILES string of the molecule is CC(=O)C1=CC2CCC=CC2C1. The molecule has 0 fully saturated rings. The predicted octanol–water partition coefficient (Wildman–Crippen LogP) is 2.49. The van der Waals surface area contributed by atoms with Crippen LogP contribution >= 0.6 is 0 Å². The van der Waals surface area contributed by atoms with E-state index >= 15 is 0 Å². The third kappa shape index (κ3) is 1.24. The number of Topliss-reactive ketones (excluding diaryl/α,β-unsaturated/α-hetero) is 1. The minimum Gasteiger partial charge on any atom is -0.295 e. The van der Waals surface area contributed by atoms with Gasteiger partial charge in [0.2, 0.25) is 0 Å². The standard InChI is InChI=1S/C11H14O/c1-8(12)11-6-9-4-2-3-5-10(9)7-11/h2,4,7,9-10H,3,5-6H2,1H3. The summed E-state index contributed by atoms with van der Waals surface area (Å²) < 4.78 is 0. The van der Waals surface area contributed by atoms with Crippen LogP contribution in [0.3, 0.4) is 0 Å². The molecular formula is C11H14O. The number of hydrogen-bond donors (Lipinski definition) is 0. The molecule has 0 spiro atoms. The van der Waals surface area contributed by atoms with E-state index in [-0.39, 0.29) is 5.78 Å². The molecule has 2 unspecified atom stereocenters. The smallest absolute Gasteiger partial charge is 0.155 e. The highest BCUT2D eigenvalue weighted by molar-refractivity contribution is 5.93. The van der Waals surface area contributed by atoms with Gasteiger partial charge in [-0.05, 0) is 43.6 Å². The Balaban J connectivity index is 2.16. The maximum Gasteiger partial charge on any atom is 0.155 e. The number of hydrogen-bond acceptors (Lipinski definition) is 1. The fourth-order valence-corrected chi connectivity index (χ4v) is 2.18.